The van der Waals surface area contributed by atoms with Gasteiger partial charge in [-0.15, -0.1) is 0 Å². The lowest BCUT2D eigenvalue weighted by Gasteiger charge is -2.06. The summed E-state index contributed by atoms with van der Waals surface area (Å²) in [5.41, 5.74) is 2.43. The summed E-state index contributed by atoms with van der Waals surface area (Å²) in [6.07, 6.45) is 4.26. The van der Waals surface area contributed by atoms with Gasteiger partial charge in [0.25, 0.3) is 0 Å². The Morgan fingerprint density at radius 1 is 1.12 bits per heavy atom. The molecule has 24 heavy (non-hydrogen) atoms. The maximum absolute atomic E-state index is 12.6. The van der Waals surface area contributed by atoms with E-state index in [9.17, 15) is 9.59 Å². The summed E-state index contributed by atoms with van der Waals surface area (Å²) < 4.78 is 3.26. The first-order chi connectivity index (χ1) is 11.7. The zero-order valence-electron chi connectivity index (χ0n) is 13.6. The molecule has 6 heteroatoms. The average Bonchev–Trinajstić information content (AvgIpc) is 2.87. The number of aryl methyl sites for hydroxylation is 1. The number of carbonyl (C=O) groups excluding carboxylic acids is 1. The number of benzene rings is 1. The second-order valence-electron chi connectivity index (χ2n) is 5.65. The molecule has 0 saturated heterocycles. The van der Waals surface area contributed by atoms with Gasteiger partial charge < -0.3 is 5.32 Å². The molecule has 2 aromatic heterocycles. The van der Waals surface area contributed by atoms with E-state index in [-0.39, 0.29) is 18.1 Å². The van der Waals surface area contributed by atoms with Crippen molar-refractivity contribution in [3.63, 3.8) is 0 Å². The summed E-state index contributed by atoms with van der Waals surface area (Å²) in [5.74, 6) is -0.194. The summed E-state index contributed by atoms with van der Waals surface area (Å²) in [5, 5.41) is 2.83. The van der Waals surface area contributed by atoms with Crippen molar-refractivity contribution in [3.05, 3.63) is 64.8 Å². The van der Waals surface area contributed by atoms with Crippen molar-refractivity contribution >= 4 is 16.9 Å². The topological polar surface area (TPSA) is 68.9 Å². The third-order valence-corrected chi connectivity index (χ3v) is 3.89. The van der Waals surface area contributed by atoms with Gasteiger partial charge in [0.15, 0.2) is 0 Å². The maximum Gasteiger partial charge on any atom is 0.329 e. The number of rotatable bonds is 6. The van der Waals surface area contributed by atoms with E-state index in [1.165, 1.54) is 4.57 Å². The molecular formula is C18H20N4O2. The van der Waals surface area contributed by atoms with Gasteiger partial charge in [-0.3, -0.25) is 18.9 Å². The third-order valence-electron chi connectivity index (χ3n) is 3.89. The Labute approximate surface area is 139 Å². The van der Waals surface area contributed by atoms with E-state index < -0.39 is 0 Å². The van der Waals surface area contributed by atoms with Crippen LogP contribution in [0.15, 0.2) is 53.6 Å². The van der Waals surface area contributed by atoms with Crippen LogP contribution in [0.2, 0.25) is 0 Å². The zero-order valence-corrected chi connectivity index (χ0v) is 13.6. The van der Waals surface area contributed by atoms with Crippen LogP contribution < -0.4 is 11.0 Å². The van der Waals surface area contributed by atoms with Crippen molar-refractivity contribution in [3.8, 4) is 0 Å². The Kier molecular flexibility index (Phi) is 4.74. The molecular weight excluding hydrogens is 304 g/mol. The molecule has 0 bridgehead atoms. The maximum atomic E-state index is 12.6. The Morgan fingerprint density at radius 2 is 1.88 bits per heavy atom. The fraction of sp³-hybridized carbons (Fsp3) is 0.278. The molecule has 1 aromatic carbocycles. The normalized spacial score (nSPS) is 10.9. The minimum atomic E-state index is -0.194. The number of pyridine rings is 1. The molecule has 0 aliphatic heterocycles. The van der Waals surface area contributed by atoms with Crippen LogP contribution >= 0.6 is 0 Å². The lowest BCUT2D eigenvalue weighted by molar-refractivity contribution is -0.121. The van der Waals surface area contributed by atoms with E-state index in [2.05, 4.69) is 10.3 Å². The first-order valence-corrected chi connectivity index (χ1v) is 8.04. The molecule has 0 aliphatic carbocycles. The smallest absolute Gasteiger partial charge is 0.329 e. The number of nitrogens with one attached hydrogen (secondary N) is 1. The fourth-order valence-corrected chi connectivity index (χ4v) is 2.77. The molecule has 0 spiro atoms. The molecule has 1 amide bonds. The van der Waals surface area contributed by atoms with Crippen LogP contribution in [-0.4, -0.2) is 20.0 Å². The van der Waals surface area contributed by atoms with E-state index in [1.54, 1.807) is 17.0 Å². The number of fused-ring (bicyclic) bond motifs is 1. The van der Waals surface area contributed by atoms with Crippen molar-refractivity contribution in [2.24, 2.45) is 0 Å². The molecule has 0 saturated carbocycles. The van der Waals surface area contributed by atoms with E-state index in [0.717, 1.165) is 23.0 Å². The monoisotopic (exact) mass is 324 g/mol. The van der Waals surface area contributed by atoms with Gasteiger partial charge in [-0.05, 0) is 30.2 Å². The lowest BCUT2D eigenvalue weighted by atomic mass is 10.3. The van der Waals surface area contributed by atoms with E-state index in [1.807, 2.05) is 43.3 Å². The minimum absolute atomic E-state index is 0.0102. The highest BCUT2D eigenvalue weighted by Gasteiger charge is 2.14. The highest BCUT2D eigenvalue weighted by molar-refractivity contribution is 5.80. The van der Waals surface area contributed by atoms with Gasteiger partial charge in [-0.2, -0.15) is 0 Å². The average molecular weight is 324 g/mol. The van der Waals surface area contributed by atoms with E-state index in [4.69, 9.17) is 0 Å². The Hall–Kier alpha value is -2.89. The molecule has 0 radical (unpaired) electrons. The number of para-hydroxylation sites is 2. The standard InChI is InChI=1S/C18H20N4O2/c1-2-10-21-15-7-3-4-8-16(15)22(18(21)24)13-17(23)20-12-14-6-5-9-19-11-14/h3-9,11H,2,10,12-13H2,1H3,(H,20,23). The summed E-state index contributed by atoms with van der Waals surface area (Å²) in [4.78, 5) is 28.9. The Morgan fingerprint density at radius 3 is 2.54 bits per heavy atom. The molecule has 0 unspecified atom stereocenters. The van der Waals surface area contributed by atoms with Crippen LogP contribution in [0.5, 0.6) is 0 Å². The summed E-state index contributed by atoms with van der Waals surface area (Å²) in [6, 6.07) is 11.3. The van der Waals surface area contributed by atoms with Crippen molar-refractivity contribution in [2.45, 2.75) is 33.0 Å². The van der Waals surface area contributed by atoms with Gasteiger partial charge in [0, 0.05) is 25.5 Å². The largest absolute Gasteiger partial charge is 0.350 e. The van der Waals surface area contributed by atoms with Crippen molar-refractivity contribution in [2.75, 3.05) is 0 Å². The van der Waals surface area contributed by atoms with Gasteiger partial charge in [0.2, 0.25) is 5.91 Å². The first kappa shape index (κ1) is 16.0. The first-order valence-electron chi connectivity index (χ1n) is 8.04. The van der Waals surface area contributed by atoms with E-state index in [0.29, 0.717) is 13.1 Å². The third kappa shape index (κ3) is 3.22. The second kappa shape index (κ2) is 7.12. The summed E-state index contributed by atoms with van der Waals surface area (Å²) >= 11 is 0. The number of imidazole rings is 1. The zero-order chi connectivity index (χ0) is 16.9. The van der Waals surface area contributed by atoms with Crippen LogP contribution in [0.3, 0.4) is 0 Å². The Balaban J connectivity index is 1.81. The SMILES string of the molecule is CCCn1c(=O)n(CC(=O)NCc2cccnc2)c2ccccc21. The Bertz CT molecular complexity index is 896. The number of nitrogens with zero attached hydrogens (tertiary/aromatic N) is 3. The predicted molar refractivity (Wildman–Crippen MR) is 92.6 cm³/mol. The molecule has 2 heterocycles. The number of amides is 1. The van der Waals surface area contributed by atoms with Crippen LogP contribution in [-0.2, 0) is 24.4 Å². The molecule has 124 valence electrons. The molecule has 0 atom stereocenters. The van der Waals surface area contributed by atoms with Gasteiger partial charge in [0.05, 0.1) is 11.0 Å². The summed E-state index contributed by atoms with van der Waals surface area (Å²) in [7, 11) is 0. The van der Waals surface area contributed by atoms with Gasteiger partial charge in [-0.25, -0.2) is 4.79 Å². The molecule has 0 aliphatic rings. The van der Waals surface area contributed by atoms with E-state index >= 15 is 0 Å². The molecule has 3 aromatic rings. The molecule has 0 fully saturated rings. The highest BCUT2D eigenvalue weighted by Crippen LogP contribution is 2.13. The van der Waals surface area contributed by atoms with Gasteiger partial charge in [-0.1, -0.05) is 25.1 Å². The van der Waals surface area contributed by atoms with Crippen molar-refractivity contribution in [1.29, 1.82) is 0 Å². The van der Waals surface area contributed by atoms with Crippen LogP contribution in [0, 0.1) is 0 Å². The second-order valence-corrected chi connectivity index (χ2v) is 5.65. The highest BCUT2D eigenvalue weighted by atomic mass is 16.2. The number of hydrogen-bond donors (Lipinski definition) is 1. The van der Waals surface area contributed by atoms with Crippen molar-refractivity contribution in [1.82, 2.24) is 19.4 Å². The number of carbonyl (C=O) groups is 1. The molecule has 6 nitrogen and oxygen atoms in total. The lowest BCUT2D eigenvalue weighted by Crippen LogP contribution is -2.32. The van der Waals surface area contributed by atoms with Crippen LogP contribution in [0.25, 0.3) is 11.0 Å². The quantitative estimate of drug-likeness (QED) is 0.753. The molecule has 1 N–H and O–H groups in total. The molecule has 3 rings (SSSR count). The minimum Gasteiger partial charge on any atom is -0.350 e. The number of hydrogen-bond acceptors (Lipinski definition) is 3. The van der Waals surface area contributed by atoms with Gasteiger partial charge in [0.1, 0.15) is 6.54 Å². The summed E-state index contributed by atoms with van der Waals surface area (Å²) in [6.45, 7) is 3.08. The fourth-order valence-electron chi connectivity index (χ4n) is 2.77. The van der Waals surface area contributed by atoms with Gasteiger partial charge >= 0.3 is 5.69 Å². The van der Waals surface area contributed by atoms with Crippen molar-refractivity contribution < 1.29 is 4.79 Å². The number of aromatic nitrogens is 3. The van der Waals surface area contributed by atoms with Crippen LogP contribution in [0.4, 0.5) is 0 Å². The van der Waals surface area contributed by atoms with Crippen LogP contribution in [0.1, 0.15) is 18.9 Å². The predicted octanol–water partition coefficient (Wildman–Crippen LogP) is 1.92.